The summed E-state index contributed by atoms with van der Waals surface area (Å²) in [5.74, 6) is -2.16. The maximum absolute atomic E-state index is 12.0. The molecular weight excluding hydrogens is 322 g/mol. The lowest BCUT2D eigenvalue weighted by molar-refractivity contribution is -0.153. The van der Waals surface area contributed by atoms with Gasteiger partial charge in [0, 0.05) is 36.9 Å². The average molecular weight is 340 g/mol. The van der Waals surface area contributed by atoms with E-state index in [1.54, 1.807) is 4.90 Å². The number of hydrogen-bond acceptors (Lipinski definition) is 5. The lowest BCUT2D eigenvalue weighted by Gasteiger charge is -2.36. The van der Waals surface area contributed by atoms with Crippen molar-refractivity contribution in [3.63, 3.8) is 0 Å². The molecule has 1 fully saturated rings. The predicted molar refractivity (Wildman–Crippen MR) is 85.3 cm³/mol. The zero-order chi connectivity index (χ0) is 16.8. The van der Waals surface area contributed by atoms with Gasteiger partial charge < -0.3 is 19.9 Å². The third-order valence-corrected chi connectivity index (χ3v) is 3.81. The van der Waals surface area contributed by atoms with E-state index >= 15 is 0 Å². The molecule has 1 aliphatic heterocycles. The molecule has 8 heteroatoms. The van der Waals surface area contributed by atoms with Gasteiger partial charge >= 0.3 is 11.9 Å². The molecule has 1 heterocycles. The van der Waals surface area contributed by atoms with Crippen LogP contribution in [0.2, 0.25) is 5.02 Å². The van der Waals surface area contributed by atoms with Crippen LogP contribution >= 0.6 is 11.6 Å². The standard InChI is InChI=1S/C15H18ClN3O4/c1-23-15(22)14(21)17-10-13(20)19-7-5-18(6-8-19)12-4-2-3-11(16)9-12/h2-4,9H,5-8,10H2,1H3,(H,17,21). The minimum absolute atomic E-state index is 0.217. The third kappa shape index (κ3) is 4.59. The van der Waals surface area contributed by atoms with Crippen molar-refractivity contribution in [1.82, 2.24) is 10.2 Å². The fourth-order valence-corrected chi connectivity index (χ4v) is 2.50. The summed E-state index contributed by atoms with van der Waals surface area (Å²) in [7, 11) is 1.11. The Labute approximate surface area is 139 Å². The van der Waals surface area contributed by atoms with Gasteiger partial charge in [-0.3, -0.25) is 9.59 Å². The van der Waals surface area contributed by atoms with Crippen LogP contribution in [0.5, 0.6) is 0 Å². The van der Waals surface area contributed by atoms with Gasteiger partial charge in [0.15, 0.2) is 0 Å². The van der Waals surface area contributed by atoms with Crippen LogP contribution in [0, 0.1) is 0 Å². The molecule has 0 bridgehead atoms. The Balaban J connectivity index is 1.81. The van der Waals surface area contributed by atoms with E-state index in [9.17, 15) is 14.4 Å². The van der Waals surface area contributed by atoms with Crippen molar-refractivity contribution >= 4 is 35.1 Å². The Morgan fingerprint density at radius 1 is 1.22 bits per heavy atom. The number of benzene rings is 1. The second kappa shape index (κ2) is 7.82. The summed E-state index contributed by atoms with van der Waals surface area (Å²) >= 11 is 5.98. The van der Waals surface area contributed by atoms with Gasteiger partial charge in [-0.15, -0.1) is 0 Å². The molecule has 0 saturated carbocycles. The molecule has 1 aliphatic rings. The largest absolute Gasteiger partial charge is 0.462 e. The Morgan fingerprint density at radius 3 is 2.52 bits per heavy atom. The Bertz CT molecular complexity index is 600. The van der Waals surface area contributed by atoms with Crippen LogP contribution in [0.1, 0.15) is 0 Å². The van der Waals surface area contributed by atoms with Crippen LogP contribution in [0.25, 0.3) is 0 Å². The van der Waals surface area contributed by atoms with E-state index in [-0.39, 0.29) is 12.5 Å². The molecule has 0 atom stereocenters. The minimum atomic E-state index is -1.01. The molecule has 23 heavy (non-hydrogen) atoms. The highest BCUT2D eigenvalue weighted by Crippen LogP contribution is 2.20. The van der Waals surface area contributed by atoms with Gasteiger partial charge in [0.1, 0.15) is 0 Å². The zero-order valence-electron chi connectivity index (χ0n) is 12.8. The topological polar surface area (TPSA) is 78.9 Å². The summed E-state index contributed by atoms with van der Waals surface area (Å²) in [5.41, 5.74) is 1.02. The number of methoxy groups -OCH3 is 1. The van der Waals surface area contributed by atoms with Crippen LogP contribution < -0.4 is 10.2 Å². The number of ether oxygens (including phenoxy) is 1. The summed E-state index contributed by atoms with van der Waals surface area (Å²) in [6, 6.07) is 7.56. The summed E-state index contributed by atoms with van der Waals surface area (Å²) < 4.78 is 4.27. The number of nitrogens with zero attached hydrogens (tertiary/aromatic N) is 2. The zero-order valence-corrected chi connectivity index (χ0v) is 13.5. The Kier molecular flexibility index (Phi) is 5.81. The first-order valence-electron chi connectivity index (χ1n) is 7.15. The van der Waals surface area contributed by atoms with Crippen molar-refractivity contribution in [2.75, 3.05) is 44.7 Å². The van der Waals surface area contributed by atoms with Crippen LogP contribution in [0.4, 0.5) is 5.69 Å². The van der Waals surface area contributed by atoms with E-state index in [2.05, 4.69) is 15.0 Å². The van der Waals surface area contributed by atoms with Gasteiger partial charge in [0.05, 0.1) is 13.7 Å². The molecule has 1 aromatic rings. The highest BCUT2D eigenvalue weighted by Gasteiger charge is 2.22. The van der Waals surface area contributed by atoms with Crippen molar-refractivity contribution in [1.29, 1.82) is 0 Å². The number of esters is 1. The molecular formula is C15H18ClN3O4. The Morgan fingerprint density at radius 2 is 1.91 bits per heavy atom. The predicted octanol–water partition coefficient (Wildman–Crippen LogP) is 0.278. The minimum Gasteiger partial charge on any atom is -0.462 e. The summed E-state index contributed by atoms with van der Waals surface area (Å²) in [6.45, 7) is 2.22. The van der Waals surface area contributed by atoms with Crippen molar-refractivity contribution in [3.05, 3.63) is 29.3 Å². The van der Waals surface area contributed by atoms with Crippen LogP contribution in [-0.4, -0.2) is 62.5 Å². The molecule has 1 N–H and O–H groups in total. The fraction of sp³-hybridized carbons (Fsp3) is 0.400. The molecule has 0 aliphatic carbocycles. The quantitative estimate of drug-likeness (QED) is 0.632. The SMILES string of the molecule is COC(=O)C(=O)NCC(=O)N1CCN(c2cccc(Cl)c2)CC1. The molecule has 1 aromatic carbocycles. The highest BCUT2D eigenvalue weighted by atomic mass is 35.5. The number of halogens is 1. The smallest absolute Gasteiger partial charge is 0.396 e. The van der Waals surface area contributed by atoms with Crippen LogP contribution in [-0.2, 0) is 19.1 Å². The number of piperazine rings is 1. The first-order valence-corrected chi connectivity index (χ1v) is 7.53. The molecule has 2 amide bonds. The monoisotopic (exact) mass is 339 g/mol. The molecule has 0 spiro atoms. The summed E-state index contributed by atoms with van der Waals surface area (Å²) in [4.78, 5) is 38.0. The van der Waals surface area contributed by atoms with E-state index in [1.807, 2.05) is 24.3 Å². The van der Waals surface area contributed by atoms with Gasteiger partial charge in [-0.25, -0.2) is 4.79 Å². The molecule has 124 valence electrons. The van der Waals surface area contributed by atoms with Crippen LogP contribution in [0.3, 0.4) is 0 Å². The first-order chi connectivity index (χ1) is 11.0. The van der Waals surface area contributed by atoms with Gasteiger partial charge in [-0.2, -0.15) is 0 Å². The van der Waals surface area contributed by atoms with E-state index in [0.717, 1.165) is 12.8 Å². The van der Waals surface area contributed by atoms with E-state index < -0.39 is 11.9 Å². The number of nitrogens with one attached hydrogen (secondary N) is 1. The molecule has 0 aromatic heterocycles. The number of carbonyl (C=O) groups excluding carboxylic acids is 3. The Hall–Kier alpha value is -2.28. The fourth-order valence-electron chi connectivity index (χ4n) is 2.32. The van der Waals surface area contributed by atoms with E-state index in [1.165, 1.54) is 0 Å². The summed E-state index contributed by atoms with van der Waals surface area (Å²) in [5, 5.41) is 2.92. The molecule has 2 rings (SSSR count). The number of amides is 2. The van der Waals surface area contributed by atoms with Crippen LogP contribution in [0.15, 0.2) is 24.3 Å². The van der Waals surface area contributed by atoms with Crippen molar-refractivity contribution in [3.8, 4) is 0 Å². The number of anilines is 1. The normalized spacial score (nSPS) is 14.3. The lowest BCUT2D eigenvalue weighted by Crippen LogP contribution is -2.51. The first kappa shape index (κ1) is 17.1. The second-order valence-corrected chi connectivity index (χ2v) is 5.46. The molecule has 0 unspecified atom stereocenters. The highest BCUT2D eigenvalue weighted by molar-refractivity contribution is 6.32. The van der Waals surface area contributed by atoms with Gasteiger partial charge in [-0.1, -0.05) is 17.7 Å². The molecule has 0 radical (unpaired) electrons. The summed E-state index contributed by atoms with van der Waals surface area (Å²) in [6.07, 6.45) is 0. The lowest BCUT2D eigenvalue weighted by atomic mass is 10.2. The van der Waals surface area contributed by atoms with Crippen molar-refractivity contribution in [2.24, 2.45) is 0 Å². The van der Waals surface area contributed by atoms with Gasteiger partial charge in [-0.05, 0) is 18.2 Å². The number of rotatable bonds is 3. The van der Waals surface area contributed by atoms with E-state index in [0.29, 0.717) is 31.2 Å². The maximum atomic E-state index is 12.0. The van der Waals surface area contributed by atoms with Gasteiger partial charge in [0.25, 0.3) is 0 Å². The third-order valence-electron chi connectivity index (χ3n) is 3.58. The van der Waals surface area contributed by atoms with Gasteiger partial charge in [0.2, 0.25) is 5.91 Å². The van der Waals surface area contributed by atoms with Crippen molar-refractivity contribution < 1.29 is 19.1 Å². The van der Waals surface area contributed by atoms with E-state index in [4.69, 9.17) is 11.6 Å². The van der Waals surface area contributed by atoms with Crippen molar-refractivity contribution in [2.45, 2.75) is 0 Å². The number of carbonyl (C=O) groups is 3. The second-order valence-electron chi connectivity index (χ2n) is 5.02. The maximum Gasteiger partial charge on any atom is 0.396 e. The average Bonchev–Trinajstić information content (AvgIpc) is 2.58. The molecule has 1 saturated heterocycles. The molecule has 7 nitrogen and oxygen atoms in total. The number of hydrogen-bond donors (Lipinski definition) is 1.